The average molecular weight is 1250 g/mol. The van der Waals surface area contributed by atoms with Crippen LogP contribution in [0, 0.1) is 0 Å². The minimum atomic E-state index is -0.178. The Kier molecular flexibility index (Phi) is 28.0. The molecule has 8 rings (SSSR count). The van der Waals surface area contributed by atoms with E-state index in [4.69, 9.17) is 0 Å². The molecule has 8 saturated heterocycles. The molecule has 0 N–H and O–H groups in total. The minimum Gasteiger partial charge on any atom is -0.358 e. The van der Waals surface area contributed by atoms with Crippen LogP contribution in [0.2, 0.25) is 34.1 Å². The minimum absolute atomic E-state index is 0.0185. The molecule has 0 unspecified atom stereocenters. The fraction of sp³-hybridized carbons (Fsp3) is 1.00. The Bertz CT molecular complexity index is 2250. The van der Waals surface area contributed by atoms with Crippen molar-refractivity contribution in [3.05, 3.63) is 0 Å². The SMILES string of the molecule is CCN(C)B1N(CC)B2N(CC)B3N(CC)B4N(CC)B5N(CC)B(C)N(CC)B(N5CC)N5B(C)N(CC)B(C)N(CC)B5N(CC)B5N(CC)B(C)N(CC)B(N(CC)B6N(CC)B(C)N(CC)B(N(C)CC)N6B(N1CC)N2CC)N5B(N4CC)N3CC. The zero-order valence-electron chi connectivity index (χ0n) is 64.0. The van der Waals surface area contributed by atoms with E-state index in [-0.39, 0.29) is 127 Å². The lowest BCUT2D eigenvalue weighted by atomic mass is 9.34. The highest BCUT2D eigenvalue weighted by Crippen LogP contribution is 2.42. The topological polar surface area (TPSA) is 77.8 Å². The second-order valence-corrected chi connectivity index (χ2v) is 26.9. The summed E-state index contributed by atoms with van der Waals surface area (Å²) in [4.78, 5) is 5.40. The zero-order chi connectivity index (χ0) is 67.1. The molecule has 0 radical (unpaired) electrons. The predicted octanol–water partition coefficient (Wildman–Crippen LogP) is 0.414. The van der Waals surface area contributed by atoms with E-state index in [0.29, 0.717) is 0 Å². The van der Waals surface area contributed by atoms with E-state index in [1.807, 2.05) is 0 Å². The molecule has 8 aliphatic rings. The molecule has 0 atom stereocenters. The number of rotatable bonds is 23. The maximum atomic E-state index is 3.21. The molecule has 42 heteroatoms. The highest BCUT2D eigenvalue weighted by Gasteiger charge is 2.74. The first-order valence-electron chi connectivity index (χ1n) is 37.9. The van der Waals surface area contributed by atoms with Crippen molar-refractivity contribution in [2.45, 2.75) is 180 Å². The van der Waals surface area contributed by atoms with Gasteiger partial charge in [0.2, 0.25) is 0 Å². The maximum absolute atomic E-state index is 3.21. The summed E-state index contributed by atoms with van der Waals surface area (Å²) in [5.74, 6) is 0. The molecule has 0 spiro atoms. The first kappa shape index (κ1) is 77.0. The van der Waals surface area contributed by atoms with Gasteiger partial charge in [-0.3, -0.25) is 0 Å². The van der Waals surface area contributed by atoms with Crippen molar-refractivity contribution in [2.24, 2.45) is 0 Å². The number of fused-ring (bicyclic) bond motifs is 10. The molecule has 91 heavy (non-hydrogen) atoms. The first-order valence-corrected chi connectivity index (χ1v) is 37.9. The van der Waals surface area contributed by atoms with Gasteiger partial charge in [0.15, 0.2) is 0 Å². The van der Waals surface area contributed by atoms with Gasteiger partial charge < -0.3 is 113 Å². The molecule has 0 aromatic rings. The molecule has 8 heterocycles. The van der Waals surface area contributed by atoms with Crippen molar-refractivity contribution in [1.82, 2.24) is 113 Å². The van der Waals surface area contributed by atoms with Crippen molar-refractivity contribution in [3.8, 4) is 0 Å². The lowest BCUT2D eigenvalue weighted by Crippen LogP contribution is -3.01. The Morgan fingerprint density at radius 1 is 0.176 bits per heavy atom. The van der Waals surface area contributed by atoms with Gasteiger partial charge in [0.1, 0.15) is 0 Å². The van der Waals surface area contributed by atoms with Crippen LogP contribution in [-0.2, 0) is 0 Å². The molecule has 0 amide bonds. The Morgan fingerprint density at radius 2 is 0.363 bits per heavy atom. The standard InChI is InChI=1S/C49H126B18N24/c1-29-68(27)55-78(39-11)58-81(42-14)60-82(43-15)59-80(41-13)57-72(33-5)52(24)74(35-7)61(83(57)44-16)89-54(26)70(31-3)50(22)73(34-6)62(89)87(48-20)64-76(37-9)53(25)77(38-10)65(91(64)67(85(59)46-18)86(60)47-19)88(49-21)63-75(36-8)51(23)71(32-4)56(69(28)30-2)90(63)66(79(55)40-12)84(58)45-17/h29-49H2,1-28H3. The van der Waals surface area contributed by atoms with Crippen molar-refractivity contribution in [3.63, 3.8) is 0 Å². The molecule has 496 valence electrons. The monoisotopic (exact) mass is 1250 g/mol. The first-order chi connectivity index (χ1) is 43.8. The Labute approximate surface area is 568 Å². The summed E-state index contributed by atoms with van der Waals surface area (Å²) in [5.41, 5.74) is 0. The molecule has 7 bridgehead atoms. The van der Waals surface area contributed by atoms with Gasteiger partial charge in [-0.05, 0) is 152 Å². The van der Waals surface area contributed by atoms with Crippen LogP contribution in [0.3, 0.4) is 0 Å². The molecule has 0 aromatic heterocycles. The van der Waals surface area contributed by atoms with Crippen LogP contribution in [0.4, 0.5) is 0 Å². The smallest absolute Gasteiger partial charge is 0.358 e. The van der Waals surface area contributed by atoms with Gasteiger partial charge in [0.05, 0.1) is 0 Å². The van der Waals surface area contributed by atoms with E-state index in [9.17, 15) is 0 Å². The van der Waals surface area contributed by atoms with Gasteiger partial charge >= 0.3 is 92.5 Å². The second kappa shape index (κ2) is 33.1. The van der Waals surface area contributed by atoms with E-state index >= 15 is 0 Å². The highest BCUT2D eigenvalue weighted by atomic mass is 15.6. The average Bonchev–Trinajstić information content (AvgIpc) is 0.696. The molecule has 0 aromatic carbocycles. The number of hydrogen-bond acceptors (Lipinski definition) is 24. The fourth-order valence-electron chi connectivity index (χ4n) is 19.9. The molecule has 8 fully saturated rings. The number of hydrogen-bond donors (Lipinski definition) is 0. The maximum Gasteiger partial charge on any atom is 0.384 e. The second-order valence-electron chi connectivity index (χ2n) is 26.9. The number of nitrogens with zero attached hydrogens (tertiary/aromatic N) is 24. The van der Waals surface area contributed by atoms with Crippen LogP contribution >= 0.6 is 0 Å². The van der Waals surface area contributed by atoms with Crippen LogP contribution in [0.5, 0.6) is 0 Å². The van der Waals surface area contributed by atoms with E-state index in [1.54, 1.807) is 0 Å². The third-order valence-corrected chi connectivity index (χ3v) is 24.2. The van der Waals surface area contributed by atoms with Gasteiger partial charge in [0.25, 0.3) is 34.9 Å². The third-order valence-electron chi connectivity index (χ3n) is 24.2. The van der Waals surface area contributed by atoms with E-state index in [1.165, 1.54) is 0 Å². The van der Waals surface area contributed by atoms with Crippen LogP contribution in [-0.4, -0.2) is 392 Å². The van der Waals surface area contributed by atoms with Crippen LogP contribution in [0.15, 0.2) is 0 Å². The Morgan fingerprint density at radius 3 is 0.670 bits per heavy atom. The van der Waals surface area contributed by atoms with E-state index < -0.39 is 0 Å². The van der Waals surface area contributed by atoms with E-state index in [0.717, 1.165) is 137 Å². The summed E-state index contributed by atoms with van der Waals surface area (Å²) in [7, 11) is 3.73. The molecule has 8 aliphatic heterocycles. The quantitative estimate of drug-likeness (QED) is 0.133. The Hall–Kier alpha value is 0.209. The molecular formula is C49H126B18N24. The van der Waals surface area contributed by atoms with Crippen molar-refractivity contribution in [1.29, 1.82) is 0 Å². The molecular weight excluding hydrogens is 1120 g/mol. The largest absolute Gasteiger partial charge is 0.384 e. The van der Waals surface area contributed by atoms with Crippen molar-refractivity contribution in [2.75, 3.05) is 152 Å². The van der Waals surface area contributed by atoms with Gasteiger partial charge in [-0.1, -0.05) is 180 Å². The molecule has 0 saturated carbocycles. The Balaban J connectivity index is 1.68. The summed E-state index contributed by atoms with van der Waals surface area (Å²) in [5, 5.41) is 0. The van der Waals surface area contributed by atoms with Crippen LogP contribution in [0.1, 0.15) is 145 Å². The summed E-state index contributed by atoms with van der Waals surface area (Å²) >= 11 is 0. The van der Waals surface area contributed by atoms with Gasteiger partial charge in [-0.2, -0.15) is 0 Å². The summed E-state index contributed by atoms with van der Waals surface area (Å²) in [6.45, 7) is 84.5. The zero-order valence-corrected chi connectivity index (χ0v) is 64.0. The van der Waals surface area contributed by atoms with Crippen molar-refractivity contribution < 1.29 is 0 Å². The fourth-order valence-corrected chi connectivity index (χ4v) is 19.9. The van der Waals surface area contributed by atoms with Gasteiger partial charge in [0, 0.05) is 0 Å². The lowest BCUT2D eigenvalue weighted by molar-refractivity contribution is 0.291. The predicted molar refractivity (Wildman–Crippen MR) is 410 cm³/mol. The summed E-state index contributed by atoms with van der Waals surface area (Å²) in [6, 6.07) is 0. The van der Waals surface area contributed by atoms with Crippen molar-refractivity contribution >= 4 is 127 Å². The van der Waals surface area contributed by atoms with Gasteiger partial charge in [-0.15, -0.1) is 0 Å². The van der Waals surface area contributed by atoms with Crippen LogP contribution < -0.4 is 0 Å². The lowest BCUT2D eigenvalue weighted by Gasteiger charge is -2.71. The molecule has 0 aliphatic carbocycles. The highest BCUT2D eigenvalue weighted by molar-refractivity contribution is 7.06. The summed E-state index contributed by atoms with van der Waals surface area (Å²) in [6.07, 6.45) is 0. The van der Waals surface area contributed by atoms with E-state index in [2.05, 4.69) is 307 Å². The third kappa shape index (κ3) is 12.4. The molecule has 24 nitrogen and oxygen atoms in total. The van der Waals surface area contributed by atoms with Crippen LogP contribution in [0.25, 0.3) is 0 Å². The normalized spacial score (nSPS) is 24.5. The van der Waals surface area contributed by atoms with Gasteiger partial charge in [-0.25, -0.2) is 0 Å². The summed E-state index contributed by atoms with van der Waals surface area (Å²) < 4.78 is 65.9.